The third-order valence-electron chi connectivity index (χ3n) is 5.54. The van der Waals surface area contributed by atoms with Gasteiger partial charge in [0, 0.05) is 55.8 Å². The Balaban J connectivity index is 1.63. The zero-order valence-corrected chi connectivity index (χ0v) is 15.9. The zero-order valence-electron chi connectivity index (χ0n) is 15.9. The topological polar surface area (TPSA) is 73.7 Å². The highest BCUT2D eigenvalue weighted by atomic mass is 19.1. The lowest BCUT2D eigenvalue weighted by Gasteiger charge is -2.25. The molecule has 1 amide bonds. The molecule has 2 aliphatic rings. The van der Waals surface area contributed by atoms with Crippen LogP contribution in [0, 0.1) is 11.6 Å². The minimum atomic E-state index is -0.771. The molecule has 4 rings (SSSR count). The van der Waals surface area contributed by atoms with Crippen LogP contribution in [0.5, 0.6) is 5.75 Å². The van der Waals surface area contributed by atoms with E-state index in [-0.39, 0.29) is 47.5 Å². The Morgan fingerprint density at radius 1 is 1.17 bits per heavy atom. The maximum absolute atomic E-state index is 14.5. The van der Waals surface area contributed by atoms with Gasteiger partial charge in [0.2, 0.25) is 5.91 Å². The number of benzene rings is 1. The second-order valence-corrected chi connectivity index (χ2v) is 7.24. The predicted octanol–water partition coefficient (Wildman–Crippen LogP) is 2.40. The van der Waals surface area contributed by atoms with E-state index in [9.17, 15) is 18.4 Å². The Hall–Kier alpha value is -2.81. The molecule has 3 heterocycles. The highest BCUT2D eigenvalue weighted by Gasteiger charge is 2.36. The summed E-state index contributed by atoms with van der Waals surface area (Å²) in [6, 6.07) is 2.13. The van der Waals surface area contributed by atoms with Gasteiger partial charge in [0.15, 0.2) is 0 Å². The Morgan fingerprint density at radius 2 is 1.86 bits per heavy atom. The average molecular weight is 405 g/mol. The molecule has 7 nitrogen and oxygen atoms in total. The van der Waals surface area contributed by atoms with Gasteiger partial charge in [-0.25, -0.2) is 13.8 Å². The fourth-order valence-electron chi connectivity index (χ4n) is 4.03. The van der Waals surface area contributed by atoms with Gasteiger partial charge < -0.3 is 14.4 Å². The van der Waals surface area contributed by atoms with Crippen LogP contribution in [0.25, 0.3) is 0 Å². The third kappa shape index (κ3) is 3.62. The van der Waals surface area contributed by atoms with E-state index < -0.39 is 17.6 Å². The van der Waals surface area contributed by atoms with Crippen molar-refractivity contribution < 1.29 is 23.0 Å². The number of methoxy groups -OCH3 is 1. The van der Waals surface area contributed by atoms with Crippen molar-refractivity contribution in [2.24, 2.45) is 0 Å². The maximum Gasteiger partial charge on any atom is 0.277 e. The average Bonchev–Trinajstić information content (AvgIpc) is 3.09. The molecule has 2 aliphatic heterocycles. The molecular formula is C20H21F2N3O4. The van der Waals surface area contributed by atoms with Gasteiger partial charge in [0.25, 0.3) is 5.56 Å². The maximum atomic E-state index is 14.5. The van der Waals surface area contributed by atoms with Crippen molar-refractivity contribution in [3.8, 4) is 5.75 Å². The molecule has 9 heteroatoms. The smallest absolute Gasteiger partial charge is 0.277 e. The second kappa shape index (κ2) is 7.90. The molecule has 1 unspecified atom stereocenters. The Morgan fingerprint density at radius 3 is 2.52 bits per heavy atom. The summed E-state index contributed by atoms with van der Waals surface area (Å²) in [7, 11) is 1.32. The number of carbonyl (C=O) groups is 1. The van der Waals surface area contributed by atoms with Gasteiger partial charge in [-0.3, -0.25) is 14.2 Å². The summed E-state index contributed by atoms with van der Waals surface area (Å²) in [4.78, 5) is 31.0. The van der Waals surface area contributed by atoms with Gasteiger partial charge in [-0.05, 0) is 12.8 Å². The molecule has 154 valence electrons. The van der Waals surface area contributed by atoms with E-state index in [1.54, 1.807) is 0 Å². The number of amides is 1. The highest BCUT2D eigenvalue weighted by molar-refractivity contribution is 5.96. The van der Waals surface area contributed by atoms with Crippen LogP contribution >= 0.6 is 0 Å². The summed E-state index contributed by atoms with van der Waals surface area (Å²) < 4.78 is 40.6. The highest BCUT2D eigenvalue weighted by Crippen LogP contribution is 2.35. The van der Waals surface area contributed by atoms with E-state index in [1.807, 2.05) is 0 Å². The molecule has 2 fully saturated rings. The SMILES string of the molecule is COc1cc(F)c(C2CC(=O)N(c3cncn(C4CCOCC4)c3=O)C2)c(F)c1. The lowest BCUT2D eigenvalue weighted by molar-refractivity contribution is -0.117. The van der Waals surface area contributed by atoms with Crippen LogP contribution in [-0.4, -0.2) is 42.3 Å². The van der Waals surface area contributed by atoms with Gasteiger partial charge in [0.1, 0.15) is 23.1 Å². The summed E-state index contributed by atoms with van der Waals surface area (Å²) in [5.41, 5.74) is -0.382. The van der Waals surface area contributed by atoms with E-state index in [1.165, 1.54) is 29.1 Å². The lowest BCUT2D eigenvalue weighted by atomic mass is 9.97. The van der Waals surface area contributed by atoms with Crippen LogP contribution in [0.2, 0.25) is 0 Å². The number of ether oxygens (including phenoxy) is 2. The Bertz CT molecular complexity index is 965. The number of hydrogen-bond donors (Lipinski definition) is 0. The van der Waals surface area contributed by atoms with Crippen molar-refractivity contribution in [1.82, 2.24) is 9.55 Å². The van der Waals surface area contributed by atoms with Gasteiger partial charge >= 0.3 is 0 Å². The summed E-state index contributed by atoms with van der Waals surface area (Å²) in [6.45, 7) is 1.12. The fourth-order valence-corrected chi connectivity index (χ4v) is 4.03. The number of halogens is 2. The third-order valence-corrected chi connectivity index (χ3v) is 5.54. The minimum absolute atomic E-state index is 0.00765. The molecule has 29 heavy (non-hydrogen) atoms. The minimum Gasteiger partial charge on any atom is -0.497 e. The van der Waals surface area contributed by atoms with E-state index in [4.69, 9.17) is 9.47 Å². The Kier molecular flexibility index (Phi) is 5.31. The summed E-state index contributed by atoms with van der Waals surface area (Å²) in [5.74, 6) is -2.55. The molecule has 0 radical (unpaired) electrons. The first-order valence-electron chi connectivity index (χ1n) is 9.46. The predicted molar refractivity (Wildman–Crippen MR) is 100 cm³/mol. The van der Waals surface area contributed by atoms with Gasteiger partial charge in [-0.2, -0.15) is 0 Å². The first kappa shape index (κ1) is 19.5. The monoisotopic (exact) mass is 405 g/mol. The van der Waals surface area contributed by atoms with Crippen LogP contribution < -0.4 is 15.2 Å². The van der Waals surface area contributed by atoms with Gasteiger partial charge in [-0.15, -0.1) is 0 Å². The van der Waals surface area contributed by atoms with E-state index in [0.717, 1.165) is 12.1 Å². The molecule has 0 N–H and O–H groups in total. The van der Waals surface area contributed by atoms with Crippen molar-refractivity contribution in [2.75, 3.05) is 31.8 Å². The van der Waals surface area contributed by atoms with Crippen molar-refractivity contribution in [3.05, 3.63) is 52.2 Å². The standard InChI is InChI=1S/C20H21F2N3O4/c1-28-14-7-15(21)19(16(22)8-14)12-6-18(26)24(10-12)17-9-23-11-25(20(17)27)13-2-4-29-5-3-13/h7-9,11-13H,2-6,10H2,1H3. The number of nitrogens with zero attached hydrogens (tertiary/aromatic N) is 3. The van der Waals surface area contributed by atoms with E-state index in [2.05, 4.69) is 4.98 Å². The molecule has 0 bridgehead atoms. The van der Waals surface area contributed by atoms with Crippen LogP contribution in [-0.2, 0) is 9.53 Å². The normalized spacial score (nSPS) is 20.3. The molecule has 2 saturated heterocycles. The van der Waals surface area contributed by atoms with Crippen molar-refractivity contribution >= 4 is 11.6 Å². The van der Waals surface area contributed by atoms with Crippen LogP contribution in [0.15, 0.2) is 29.5 Å². The van der Waals surface area contributed by atoms with Crippen molar-refractivity contribution in [1.29, 1.82) is 0 Å². The number of anilines is 1. The molecule has 2 aromatic rings. The molecule has 0 spiro atoms. The quantitative estimate of drug-likeness (QED) is 0.781. The molecule has 0 saturated carbocycles. The molecule has 1 aromatic heterocycles. The summed E-state index contributed by atoms with van der Waals surface area (Å²) in [6.07, 6.45) is 4.07. The van der Waals surface area contributed by atoms with Gasteiger partial charge in [0.05, 0.1) is 19.6 Å². The molecule has 1 atom stereocenters. The van der Waals surface area contributed by atoms with Crippen molar-refractivity contribution in [3.63, 3.8) is 0 Å². The fraction of sp³-hybridized carbons (Fsp3) is 0.450. The number of aromatic nitrogens is 2. The molecule has 0 aliphatic carbocycles. The lowest BCUT2D eigenvalue weighted by Crippen LogP contribution is -2.36. The largest absolute Gasteiger partial charge is 0.497 e. The van der Waals surface area contributed by atoms with E-state index in [0.29, 0.717) is 26.1 Å². The van der Waals surface area contributed by atoms with Gasteiger partial charge in [-0.1, -0.05) is 0 Å². The number of hydrogen-bond acceptors (Lipinski definition) is 5. The molecule has 1 aromatic carbocycles. The zero-order chi connectivity index (χ0) is 20.5. The number of carbonyl (C=O) groups excluding carboxylic acids is 1. The first-order valence-corrected chi connectivity index (χ1v) is 9.46. The van der Waals surface area contributed by atoms with Crippen LogP contribution in [0.1, 0.15) is 36.8 Å². The van der Waals surface area contributed by atoms with Crippen molar-refractivity contribution in [2.45, 2.75) is 31.2 Å². The summed E-state index contributed by atoms with van der Waals surface area (Å²) >= 11 is 0. The van der Waals surface area contributed by atoms with Crippen LogP contribution in [0.3, 0.4) is 0 Å². The second-order valence-electron chi connectivity index (χ2n) is 7.24. The number of rotatable bonds is 4. The van der Waals surface area contributed by atoms with Crippen LogP contribution in [0.4, 0.5) is 14.5 Å². The summed E-state index contributed by atoms with van der Waals surface area (Å²) in [5, 5.41) is 0. The van der Waals surface area contributed by atoms with E-state index >= 15 is 0 Å². The first-order chi connectivity index (χ1) is 14.0. The molecular weight excluding hydrogens is 384 g/mol. The Labute approximate surface area is 165 Å².